The van der Waals surface area contributed by atoms with Gasteiger partial charge < -0.3 is 4.42 Å². The van der Waals surface area contributed by atoms with Crippen LogP contribution in [0.15, 0.2) is 16.8 Å². The van der Waals surface area contributed by atoms with Crippen molar-refractivity contribution in [2.75, 3.05) is 5.88 Å². The van der Waals surface area contributed by atoms with Gasteiger partial charge >= 0.3 is 0 Å². The molecule has 0 aliphatic carbocycles. The third-order valence-corrected chi connectivity index (χ3v) is 2.85. The van der Waals surface area contributed by atoms with Crippen LogP contribution in [0.4, 0.5) is 0 Å². The van der Waals surface area contributed by atoms with Gasteiger partial charge in [-0.3, -0.25) is 4.68 Å². The zero-order chi connectivity index (χ0) is 11.5. The molecule has 5 heteroatoms. The van der Waals surface area contributed by atoms with Crippen LogP contribution in [0, 0.1) is 6.92 Å². The Bertz CT molecular complexity index is 475. The highest BCUT2D eigenvalue weighted by molar-refractivity contribution is 6.17. The van der Waals surface area contributed by atoms with Gasteiger partial charge in [-0.05, 0) is 13.3 Å². The van der Waals surface area contributed by atoms with Gasteiger partial charge in [-0.25, -0.2) is 4.98 Å². The molecule has 86 valence electrons. The quantitative estimate of drug-likeness (QED) is 0.771. The summed E-state index contributed by atoms with van der Waals surface area (Å²) in [6.45, 7) is 2.00. The van der Waals surface area contributed by atoms with Crippen molar-refractivity contribution >= 4 is 11.6 Å². The molecule has 0 radical (unpaired) electrons. The molecule has 0 fully saturated rings. The predicted octanol–water partition coefficient (Wildman–Crippen LogP) is 2.55. The van der Waals surface area contributed by atoms with E-state index in [4.69, 9.17) is 16.0 Å². The molecule has 2 rings (SSSR count). The van der Waals surface area contributed by atoms with Gasteiger partial charge in [0.25, 0.3) is 0 Å². The maximum Gasteiger partial charge on any atom is 0.194 e. The molecule has 16 heavy (non-hydrogen) atoms. The zero-order valence-corrected chi connectivity index (χ0v) is 10.2. The molecular formula is C11H14ClN3O. The van der Waals surface area contributed by atoms with Crippen molar-refractivity contribution in [2.45, 2.75) is 19.8 Å². The summed E-state index contributed by atoms with van der Waals surface area (Å²) < 4.78 is 7.46. The van der Waals surface area contributed by atoms with Crippen LogP contribution in [0.2, 0.25) is 0 Å². The van der Waals surface area contributed by atoms with Crippen LogP contribution in [-0.4, -0.2) is 20.6 Å². The van der Waals surface area contributed by atoms with Crippen molar-refractivity contribution in [1.82, 2.24) is 14.8 Å². The predicted molar refractivity (Wildman–Crippen MR) is 62.5 cm³/mol. The van der Waals surface area contributed by atoms with E-state index in [0.717, 1.165) is 35.7 Å². The van der Waals surface area contributed by atoms with Crippen molar-refractivity contribution in [3.63, 3.8) is 0 Å². The van der Waals surface area contributed by atoms with Crippen LogP contribution in [-0.2, 0) is 13.5 Å². The van der Waals surface area contributed by atoms with E-state index in [1.165, 1.54) is 0 Å². The molecule has 0 atom stereocenters. The molecule has 0 saturated heterocycles. The highest BCUT2D eigenvalue weighted by atomic mass is 35.5. The Kier molecular flexibility index (Phi) is 3.29. The van der Waals surface area contributed by atoms with Gasteiger partial charge in [-0.15, -0.1) is 11.6 Å². The fraction of sp³-hybridized carbons (Fsp3) is 0.455. The third-order valence-electron chi connectivity index (χ3n) is 2.58. The molecule has 2 aromatic rings. The van der Waals surface area contributed by atoms with Crippen molar-refractivity contribution in [3.05, 3.63) is 24.0 Å². The highest BCUT2D eigenvalue weighted by Gasteiger charge is 2.11. The van der Waals surface area contributed by atoms with Crippen LogP contribution in [0.25, 0.3) is 11.3 Å². The SMILES string of the molecule is Cc1c(-c2cnc(CCCCl)o2)cnn1C. The average molecular weight is 240 g/mol. The number of halogens is 1. The molecule has 0 spiro atoms. The van der Waals surface area contributed by atoms with E-state index in [9.17, 15) is 0 Å². The minimum Gasteiger partial charge on any atom is -0.441 e. The summed E-state index contributed by atoms with van der Waals surface area (Å²) in [5.74, 6) is 2.14. The molecule has 4 nitrogen and oxygen atoms in total. The van der Waals surface area contributed by atoms with E-state index >= 15 is 0 Å². The molecule has 0 saturated carbocycles. The number of aromatic nitrogens is 3. The number of rotatable bonds is 4. The second-order valence-corrected chi connectivity index (χ2v) is 4.06. The lowest BCUT2D eigenvalue weighted by molar-refractivity contribution is 0.503. The lowest BCUT2D eigenvalue weighted by Gasteiger charge is -1.95. The standard InChI is InChI=1S/C11H14ClN3O/c1-8-9(6-14-15(8)2)10-7-13-11(16-10)4-3-5-12/h6-7H,3-5H2,1-2H3. The van der Waals surface area contributed by atoms with Gasteiger partial charge in [-0.2, -0.15) is 5.10 Å². The molecule has 0 aliphatic heterocycles. The van der Waals surface area contributed by atoms with Gasteiger partial charge in [0.2, 0.25) is 0 Å². The van der Waals surface area contributed by atoms with Gasteiger partial charge in [0.15, 0.2) is 11.7 Å². The number of oxazole rings is 1. The van der Waals surface area contributed by atoms with E-state index in [-0.39, 0.29) is 0 Å². The number of alkyl halides is 1. The second-order valence-electron chi connectivity index (χ2n) is 3.68. The normalized spacial score (nSPS) is 10.9. The topological polar surface area (TPSA) is 43.9 Å². The van der Waals surface area contributed by atoms with Crippen LogP contribution < -0.4 is 0 Å². The Morgan fingerprint density at radius 2 is 2.25 bits per heavy atom. The van der Waals surface area contributed by atoms with Crippen molar-refractivity contribution in [1.29, 1.82) is 0 Å². The highest BCUT2D eigenvalue weighted by Crippen LogP contribution is 2.23. The van der Waals surface area contributed by atoms with Gasteiger partial charge in [-0.1, -0.05) is 0 Å². The fourth-order valence-corrected chi connectivity index (χ4v) is 1.64. The van der Waals surface area contributed by atoms with Gasteiger partial charge in [0.1, 0.15) is 0 Å². The van der Waals surface area contributed by atoms with Crippen molar-refractivity contribution < 1.29 is 4.42 Å². The van der Waals surface area contributed by atoms with E-state index in [1.54, 1.807) is 12.4 Å². The van der Waals surface area contributed by atoms with Crippen molar-refractivity contribution in [3.8, 4) is 11.3 Å². The summed E-state index contributed by atoms with van der Waals surface area (Å²) in [5.41, 5.74) is 2.06. The smallest absolute Gasteiger partial charge is 0.194 e. The van der Waals surface area contributed by atoms with Crippen LogP contribution in [0.5, 0.6) is 0 Å². The Morgan fingerprint density at radius 1 is 1.44 bits per heavy atom. The Hall–Kier alpha value is -1.29. The largest absolute Gasteiger partial charge is 0.441 e. The summed E-state index contributed by atoms with van der Waals surface area (Å²) in [7, 11) is 1.91. The summed E-state index contributed by atoms with van der Waals surface area (Å²) in [6, 6.07) is 0. The van der Waals surface area contributed by atoms with Gasteiger partial charge in [0, 0.05) is 25.0 Å². The van der Waals surface area contributed by atoms with Crippen LogP contribution in [0.3, 0.4) is 0 Å². The average Bonchev–Trinajstić information content (AvgIpc) is 2.85. The second kappa shape index (κ2) is 4.70. The molecule has 2 heterocycles. The maximum atomic E-state index is 5.64. The minimum atomic E-state index is 0.629. The van der Waals surface area contributed by atoms with Gasteiger partial charge in [0.05, 0.1) is 18.0 Å². The van der Waals surface area contributed by atoms with Crippen LogP contribution in [0.1, 0.15) is 18.0 Å². The molecule has 0 aromatic carbocycles. The molecule has 0 bridgehead atoms. The first-order chi connectivity index (χ1) is 7.72. The summed E-state index contributed by atoms with van der Waals surface area (Å²) in [4.78, 5) is 4.22. The molecule has 0 aliphatic rings. The zero-order valence-electron chi connectivity index (χ0n) is 9.40. The lowest BCUT2D eigenvalue weighted by Crippen LogP contribution is -1.92. The first-order valence-corrected chi connectivity index (χ1v) is 5.75. The molecule has 0 unspecified atom stereocenters. The summed E-state index contributed by atoms with van der Waals surface area (Å²) >= 11 is 5.62. The summed E-state index contributed by atoms with van der Waals surface area (Å²) in [6.07, 6.45) is 5.20. The lowest BCUT2D eigenvalue weighted by atomic mass is 10.2. The molecule has 2 aromatic heterocycles. The van der Waals surface area contributed by atoms with Crippen LogP contribution >= 0.6 is 11.6 Å². The Labute approximate surface area is 99.2 Å². The first kappa shape index (κ1) is 11.2. The monoisotopic (exact) mass is 239 g/mol. The third kappa shape index (κ3) is 2.11. The number of hydrogen-bond acceptors (Lipinski definition) is 3. The molecular weight excluding hydrogens is 226 g/mol. The first-order valence-electron chi connectivity index (χ1n) is 5.22. The number of hydrogen-bond donors (Lipinski definition) is 0. The number of nitrogens with zero attached hydrogens (tertiary/aromatic N) is 3. The van der Waals surface area contributed by atoms with E-state index in [1.807, 2.05) is 18.7 Å². The fourth-order valence-electron chi connectivity index (χ4n) is 1.51. The Morgan fingerprint density at radius 3 is 2.88 bits per heavy atom. The van der Waals surface area contributed by atoms with E-state index < -0.39 is 0 Å². The molecule has 0 amide bonds. The minimum absolute atomic E-state index is 0.629. The van der Waals surface area contributed by atoms with E-state index in [0.29, 0.717) is 5.88 Å². The molecule has 0 N–H and O–H groups in total. The maximum absolute atomic E-state index is 5.64. The van der Waals surface area contributed by atoms with Crippen molar-refractivity contribution in [2.24, 2.45) is 7.05 Å². The number of aryl methyl sites for hydroxylation is 2. The Balaban J connectivity index is 2.21. The van der Waals surface area contributed by atoms with E-state index in [2.05, 4.69) is 10.1 Å². The summed E-state index contributed by atoms with van der Waals surface area (Å²) in [5, 5.41) is 4.17.